The smallest absolute Gasteiger partial charge is 0.107 e. The lowest BCUT2D eigenvalue weighted by atomic mass is 10.1. The van der Waals surface area contributed by atoms with Crippen molar-refractivity contribution in [2.45, 2.75) is 31.1 Å². The van der Waals surface area contributed by atoms with Crippen LogP contribution in [0.3, 0.4) is 0 Å². The molecule has 100 valence electrons. The molecule has 0 amide bonds. The van der Waals surface area contributed by atoms with E-state index < -0.39 is 0 Å². The molecule has 0 aliphatic rings. The topological polar surface area (TPSA) is 29.3 Å². The molecule has 0 saturated heterocycles. The van der Waals surface area contributed by atoms with Gasteiger partial charge in [-0.2, -0.15) is 0 Å². The maximum atomic E-state index is 5.88. The highest BCUT2D eigenvalue weighted by molar-refractivity contribution is 7.98. The van der Waals surface area contributed by atoms with Crippen LogP contribution in [0, 0.1) is 0 Å². The highest BCUT2D eigenvalue weighted by Gasteiger charge is 2.13. The predicted molar refractivity (Wildman–Crippen MR) is 86.9 cm³/mol. The molecule has 0 radical (unpaired) electrons. The highest BCUT2D eigenvalue weighted by Crippen LogP contribution is 2.29. The summed E-state index contributed by atoms with van der Waals surface area (Å²) in [5, 5.41) is 0. The summed E-state index contributed by atoms with van der Waals surface area (Å²) in [4.78, 5) is 3.89. The van der Waals surface area contributed by atoms with Gasteiger partial charge in [-0.05, 0) is 24.8 Å². The van der Waals surface area contributed by atoms with E-state index in [4.69, 9.17) is 18.0 Å². The van der Waals surface area contributed by atoms with Crippen LogP contribution < -0.4 is 10.6 Å². The van der Waals surface area contributed by atoms with Crippen LogP contribution in [-0.4, -0.2) is 24.8 Å². The second kappa shape index (κ2) is 7.64. The molecule has 1 aromatic rings. The minimum atomic E-state index is 0.484. The number of hydrogen-bond donors (Lipinski definition) is 1. The quantitative estimate of drug-likeness (QED) is 0.469. The van der Waals surface area contributed by atoms with Crippen molar-refractivity contribution < 1.29 is 0 Å². The van der Waals surface area contributed by atoms with E-state index in [2.05, 4.69) is 43.3 Å². The molecule has 1 rings (SSSR count). The van der Waals surface area contributed by atoms with Gasteiger partial charge in [-0.15, -0.1) is 11.8 Å². The van der Waals surface area contributed by atoms with Gasteiger partial charge < -0.3 is 10.6 Å². The Kier molecular flexibility index (Phi) is 6.50. The highest BCUT2D eigenvalue weighted by atomic mass is 32.2. The Bertz CT molecular complexity index is 405. The lowest BCUT2D eigenvalue weighted by Gasteiger charge is -2.23. The van der Waals surface area contributed by atoms with Crippen LogP contribution in [0.5, 0.6) is 0 Å². The summed E-state index contributed by atoms with van der Waals surface area (Å²) in [5.74, 6) is 0. The summed E-state index contributed by atoms with van der Waals surface area (Å²) in [6.07, 6.45) is 5.75. The van der Waals surface area contributed by atoms with Crippen molar-refractivity contribution in [1.82, 2.24) is 0 Å². The minimum absolute atomic E-state index is 0.484. The molecule has 4 heteroatoms. The summed E-state index contributed by atoms with van der Waals surface area (Å²) in [6.45, 7) is 3.26. The molecular weight excluding hydrogens is 260 g/mol. The molecule has 0 aromatic heterocycles. The van der Waals surface area contributed by atoms with E-state index in [-0.39, 0.29) is 0 Å². The molecule has 0 unspecified atom stereocenters. The number of thiocarbonyl (C=S) groups is 1. The van der Waals surface area contributed by atoms with Crippen LogP contribution in [0.2, 0.25) is 0 Å². The van der Waals surface area contributed by atoms with Crippen molar-refractivity contribution in [3.63, 3.8) is 0 Å². The first kappa shape index (κ1) is 15.3. The van der Waals surface area contributed by atoms with Crippen molar-refractivity contribution in [1.29, 1.82) is 0 Å². The number of anilines is 1. The Morgan fingerprint density at radius 1 is 1.39 bits per heavy atom. The van der Waals surface area contributed by atoms with Gasteiger partial charge in [0, 0.05) is 29.7 Å². The molecule has 0 aliphatic heterocycles. The zero-order chi connectivity index (χ0) is 13.5. The average molecular weight is 282 g/mol. The fraction of sp³-hybridized carbons (Fsp3) is 0.500. The van der Waals surface area contributed by atoms with Gasteiger partial charge in [-0.25, -0.2) is 0 Å². The molecule has 0 bridgehead atoms. The van der Waals surface area contributed by atoms with Crippen LogP contribution in [0.1, 0.15) is 31.7 Å². The molecule has 2 N–H and O–H groups in total. The lowest BCUT2D eigenvalue weighted by Crippen LogP contribution is -2.23. The zero-order valence-electron chi connectivity index (χ0n) is 11.4. The molecule has 0 saturated carbocycles. The van der Waals surface area contributed by atoms with E-state index in [0.29, 0.717) is 4.99 Å². The Labute approximate surface area is 120 Å². The Hall–Kier alpha value is -0.740. The lowest BCUT2D eigenvalue weighted by molar-refractivity contribution is 0.704. The molecule has 18 heavy (non-hydrogen) atoms. The Morgan fingerprint density at radius 3 is 2.67 bits per heavy atom. The third-order valence-corrected chi connectivity index (χ3v) is 3.96. The van der Waals surface area contributed by atoms with E-state index in [0.717, 1.165) is 22.7 Å². The van der Waals surface area contributed by atoms with Crippen LogP contribution in [0.25, 0.3) is 0 Å². The Morgan fingerprint density at radius 2 is 2.11 bits per heavy atom. The summed E-state index contributed by atoms with van der Waals surface area (Å²) in [6, 6.07) is 6.24. The van der Waals surface area contributed by atoms with Gasteiger partial charge in [-0.1, -0.05) is 38.0 Å². The summed E-state index contributed by atoms with van der Waals surface area (Å²) < 4.78 is 0. The van der Waals surface area contributed by atoms with E-state index >= 15 is 0 Å². The van der Waals surface area contributed by atoms with Gasteiger partial charge in [0.2, 0.25) is 0 Å². The van der Waals surface area contributed by atoms with Gasteiger partial charge >= 0.3 is 0 Å². The van der Waals surface area contributed by atoms with Gasteiger partial charge in [-0.3, -0.25) is 0 Å². The van der Waals surface area contributed by atoms with E-state index in [1.165, 1.54) is 19.3 Å². The molecule has 0 aliphatic carbocycles. The third-order valence-electron chi connectivity index (χ3n) is 2.98. The first-order valence-corrected chi connectivity index (χ1v) is 7.93. The largest absolute Gasteiger partial charge is 0.389 e. The van der Waals surface area contributed by atoms with Crippen LogP contribution in [-0.2, 0) is 0 Å². The standard InChI is InChI=1S/C14H22N2S2/c1-4-5-6-10-16(2)11-8-7-9-12(18-3)13(11)14(15)17/h7-9H,4-6,10H2,1-3H3,(H2,15,17). The maximum absolute atomic E-state index is 5.88. The number of rotatable bonds is 7. The van der Waals surface area contributed by atoms with Gasteiger partial charge in [0.25, 0.3) is 0 Å². The van der Waals surface area contributed by atoms with Crippen molar-refractivity contribution in [2.75, 3.05) is 24.7 Å². The molecule has 1 aromatic carbocycles. The molecule has 0 heterocycles. The van der Waals surface area contributed by atoms with E-state index in [1.54, 1.807) is 11.8 Å². The monoisotopic (exact) mass is 282 g/mol. The summed E-state index contributed by atoms with van der Waals surface area (Å²) in [5.41, 5.74) is 8.03. The van der Waals surface area contributed by atoms with Crippen LogP contribution in [0.4, 0.5) is 5.69 Å². The number of unbranched alkanes of at least 4 members (excludes halogenated alkanes) is 2. The molecule has 2 nitrogen and oxygen atoms in total. The van der Waals surface area contributed by atoms with E-state index in [9.17, 15) is 0 Å². The first-order chi connectivity index (χ1) is 8.61. The molecule has 0 atom stereocenters. The number of benzene rings is 1. The van der Waals surface area contributed by atoms with E-state index in [1.807, 2.05) is 0 Å². The molecule has 0 fully saturated rings. The number of nitrogens with two attached hydrogens (primary N) is 1. The molecule has 0 spiro atoms. The second-order valence-corrected chi connectivity index (χ2v) is 5.64. The van der Waals surface area contributed by atoms with Crippen molar-refractivity contribution in [3.8, 4) is 0 Å². The van der Waals surface area contributed by atoms with Crippen molar-refractivity contribution >= 4 is 34.7 Å². The number of nitrogens with zero attached hydrogens (tertiary/aromatic N) is 1. The predicted octanol–water partition coefficient (Wildman–Crippen LogP) is 3.67. The first-order valence-electron chi connectivity index (χ1n) is 6.29. The van der Waals surface area contributed by atoms with Gasteiger partial charge in [0.05, 0.1) is 0 Å². The van der Waals surface area contributed by atoms with Crippen LogP contribution in [0.15, 0.2) is 23.1 Å². The minimum Gasteiger partial charge on any atom is -0.389 e. The molecular formula is C14H22N2S2. The third kappa shape index (κ3) is 3.89. The zero-order valence-corrected chi connectivity index (χ0v) is 13.0. The fourth-order valence-corrected chi connectivity index (χ4v) is 2.89. The maximum Gasteiger partial charge on any atom is 0.107 e. The average Bonchev–Trinajstić information content (AvgIpc) is 2.37. The Balaban J connectivity index is 2.96. The van der Waals surface area contributed by atoms with Gasteiger partial charge in [0.1, 0.15) is 4.99 Å². The normalized spacial score (nSPS) is 10.4. The summed E-state index contributed by atoms with van der Waals surface area (Å²) >= 11 is 6.89. The van der Waals surface area contributed by atoms with Crippen molar-refractivity contribution in [2.24, 2.45) is 5.73 Å². The second-order valence-electron chi connectivity index (χ2n) is 4.35. The van der Waals surface area contributed by atoms with Gasteiger partial charge in [0.15, 0.2) is 0 Å². The van der Waals surface area contributed by atoms with Crippen molar-refractivity contribution in [3.05, 3.63) is 23.8 Å². The fourth-order valence-electron chi connectivity index (χ4n) is 1.97. The SMILES string of the molecule is CCCCCN(C)c1cccc(SC)c1C(N)=S. The van der Waals surface area contributed by atoms with Crippen LogP contribution >= 0.6 is 24.0 Å². The number of hydrogen-bond acceptors (Lipinski definition) is 3. The summed E-state index contributed by atoms with van der Waals surface area (Å²) in [7, 11) is 2.11. The number of thioether (sulfide) groups is 1.